The van der Waals surface area contributed by atoms with Crippen molar-refractivity contribution in [2.75, 3.05) is 6.54 Å². The third kappa shape index (κ3) is 1.93. The molecule has 0 spiro atoms. The Hall–Kier alpha value is -0.0926. The molecule has 0 radical (unpaired) electrons. The molecule has 2 unspecified atom stereocenters. The number of hydrogen-bond donors (Lipinski definition) is 1. The predicted molar refractivity (Wildman–Crippen MR) is 42.5 cm³/mol. The Balaban J connectivity index is 0.000000605. The first kappa shape index (κ1) is 9.00. The van der Waals surface area contributed by atoms with E-state index in [1.165, 1.54) is 6.42 Å². The van der Waals surface area contributed by atoms with Crippen LogP contribution in [0.15, 0.2) is 24.3 Å². The minimum atomic E-state index is 0. The van der Waals surface area contributed by atoms with Crippen LogP contribution >= 0.6 is 0 Å². The smallest absolute Gasteiger partial charge is 0.312 e. The minimum absolute atomic E-state index is 0. The summed E-state index contributed by atoms with van der Waals surface area (Å²) in [5.74, 6) is 0.699. The Morgan fingerprint density at radius 3 is 2.64 bits per heavy atom. The predicted octanol–water partition coefficient (Wildman–Crippen LogP) is -1.70. The molecular formula is C9H12LiN. The number of hydrogen-bond acceptors (Lipinski definition) is 1. The Morgan fingerprint density at radius 1 is 1.36 bits per heavy atom. The molecule has 0 bridgehead atoms. The zero-order valence-electron chi connectivity index (χ0n) is 6.96. The molecule has 1 aliphatic heterocycles. The fraction of sp³-hybridized carbons (Fsp3) is 0.444. The maximum atomic E-state index is 3.45. The van der Waals surface area contributed by atoms with Crippen LogP contribution in [-0.2, 0) is 0 Å². The molecule has 1 aliphatic carbocycles. The van der Waals surface area contributed by atoms with Gasteiger partial charge < -0.3 is 5.32 Å². The standard InChI is InChI=1S/C9H12N.Li/c1-2-7-10-9(6-1)8-4-3-5-8;/h1-5,8-10H,6-7H2;/q-1;+1. The molecule has 2 aliphatic rings. The molecule has 0 saturated carbocycles. The van der Waals surface area contributed by atoms with Crippen LogP contribution < -0.4 is 24.2 Å². The molecule has 0 aromatic heterocycles. The summed E-state index contributed by atoms with van der Waals surface area (Å²) in [7, 11) is 0. The largest absolute Gasteiger partial charge is 1.00 e. The van der Waals surface area contributed by atoms with E-state index >= 15 is 0 Å². The van der Waals surface area contributed by atoms with Crippen LogP contribution in [0.25, 0.3) is 0 Å². The molecule has 1 heterocycles. The number of rotatable bonds is 1. The third-order valence-electron chi connectivity index (χ3n) is 2.19. The van der Waals surface area contributed by atoms with Crippen LogP contribution in [0, 0.1) is 12.3 Å². The summed E-state index contributed by atoms with van der Waals surface area (Å²) in [6, 6.07) is 0.676. The van der Waals surface area contributed by atoms with Crippen molar-refractivity contribution in [2.45, 2.75) is 12.5 Å². The van der Waals surface area contributed by atoms with Gasteiger partial charge in [-0.2, -0.15) is 0 Å². The van der Waals surface area contributed by atoms with Crippen LogP contribution in [0.4, 0.5) is 0 Å². The van der Waals surface area contributed by atoms with Crippen LogP contribution in [0.2, 0.25) is 0 Å². The van der Waals surface area contributed by atoms with E-state index in [4.69, 9.17) is 0 Å². The van der Waals surface area contributed by atoms with E-state index in [1.807, 2.05) is 0 Å². The van der Waals surface area contributed by atoms with E-state index in [-0.39, 0.29) is 18.9 Å². The van der Waals surface area contributed by atoms with Gasteiger partial charge in [0.2, 0.25) is 0 Å². The van der Waals surface area contributed by atoms with Gasteiger partial charge in [-0.1, -0.05) is 12.2 Å². The summed E-state index contributed by atoms with van der Waals surface area (Å²) in [6.07, 6.45) is 12.3. The Labute approximate surface area is 80.1 Å². The molecule has 1 nitrogen and oxygen atoms in total. The first-order valence-electron chi connectivity index (χ1n) is 3.87. The molecule has 2 atom stereocenters. The van der Waals surface area contributed by atoms with Crippen molar-refractivity contribution < 1.29 is 18.9 Å². The van der Waals surface area contributed by atoms with Crippen molar-refractivity contribution in [2.24, 2.45) is 5.92 Å². The van der Waals surface area contributed by atoms with E-state index in [9.17, 15) is 0 Å². The van der Waals surface area contributed by atoms with E-state index in [1.54, 1.807) is 0 Å². The normalized spacial score (nSPS) is 33.5. The van der Waals surface area contributed by atoms with Gasteiger partial charge in [-0.15, -0.1) is 5.92 Å². The van der Waals surface area contributed by atoms with Crippen LogP contribution in [0.5, 0.6) is 0 Å². The van der Waals surface area contributed by atoms with E-state index < -0.39 is 0 Å². The van der Waals surface area contributed by atoms with E-state index in [0.29, 0.717) is 12.0 Å². The minimum Gasteiger partial charge on any atom is -0.312 e. The fourth-order valence-electron chi connectivity index (χ4n) is 1.43. The summed E-state index contributed by atoms with van der Waals surface area (Å²) in [5.41, 5.74) is 0. The summed E-state index contributed by atoms with van der Waals surface area (Å²) in [5, 5.41) is 3.45. The molecule has 11 heavy (non-hydrogen) atoms. The van der Waals surface area contributed by atoms with Crippen molar-refractivity contribution in [3.8, 4) is 0 Å². The van der Waals surface area contributed by atoms with Gasteiger partial charge in [0.25, 0.3) is 0 Å². The van der Waals surface area contributed by atoms with Crippen molar-refractivity contribution in [1.82, 2.24) is 5.32 Å². The first-order valence-corrected chi connectivity index (χ1v) is 3.87. The number of allylic oxidation sites excluding steroid dienone is 1. The zero-order chi connectivity index (χ0) is 6.81. The second kappa shape index (κ2) is 4.06. The van der Waals surface area contributed by atoms with Crippen LogP contribution in [0.3, 0.4) is 0 Å². The molecule has 1 N–H and O–H groups in total. The van der Waals surface area contributed by atoms with Gasteiger partial charge in [-0.05, 0) is 12.5 Å². The zero-order valence-corrected chi connectivity index (χ0v) is 6.96. The van der Waals surface area contributed by atoms with Crippen molar-refractivity contribution in [1.29, 1.82) is 0 Å². The van der Waals surface area contributed by atoms with Crippen molar-refractivity contribution in [3.05, 3.63) is 30.7 Å². The summed E-state index contributed by atoms with van der Waals surface area (Å²) in [4.78, 5) is 0. The Kier molecular flexibility index (Phi) is 3.32. The molecule has 2 rings (SSSR count). The molecule has 0 saturated heterocycles. The first-order chi connectivity index (χ1) is 4.97. The van der Waals surface area contributed by atoms with Crippen molar-refractivity contribution in [3.63, 3.8) is 0 Å². The van der Waals surface area contributed by atoms with Crippen molar-refractivity contribution >= 4 is 0 Å². The molecule has 0 aromatic rings. The molecule has 2 heteroatoms. The average molecular weight is 141 g/mol. The SMILES string of the molecule is C1=CC(C2CC=CCN2)[CH-]1.[Li+]. The number of nitrogens with one attached hydrogen (secondary N) is 1. The summed E-state index contributed by atoms with van der Waals surface area (Å²) < 4.78 is 0. The Morgan fingerprint density at radius 2 is 2.18 bits per heavy atom. The van der Waals surface area contributed by atoms with E-state index in [2.05, 4.69) is 36.0 Å². The van der Waals surface area contributed by atoms with Gasteiger partial charge in [-0.3, -0.25) is 0 Å². The van der Waals surface area contributed by atoms with Crippen LogP contribution in [0.1, 0.15) is 6.42 Å². The third-order valence-corrected chi connectivity index (χ3v) is 2.19. The summed E-state index contributed by atoms with van der Waals surface area (Å²) in [6.45, 7) is 1.04. The molecule has 0 fully saturated rings. The van der Waals surface area contributed by atoms with Gasteiger partial charge in [0.05, 0.1) is 0 Å². The van der Waals surface area contributed by atoms with Gasteiger partial charge in [-0.25, -0.2) is 18.6 Å². The second-order valence-electron chi connectivity index (χ2n) is 2.88. The maximum Gasteiger partial charge on any atom is 1.00 e. The van der Waals surface area contributed by atoms with Gasteiger partial charge in [0.15, 0.2) is 0 Å². The maximum absolute atomic E-state index is 3.45. The monoisotopic (exact) mass is 141 g/mol. The Bertz CT molecular complexity index is 174. The van der Waals surface area contributed by atoms with Gasteiger partial charge >= 0.3 is 18.9 Å². The fourth-order valence-corrected chi connectivity index (χ4v) is 1.43. The molecular weight excluding hydrogens is 129 g/mol. The molecule has 0 aromatic carbocycles. The topological polar surface area (TPSA) is 12.0 Å². The van der Waals surface area contributed by atoms with Gasteiger partial charge in [0, 0.05) is 6.54 Å². The molecule has 0 amide bonds. The summed E-state index contributed by atoms with van der Waals surface area (Å²) >= 11 is 0. The van der Waals surface area contributed by atoms with Crippen LogP contribution in [-0.4, -0.2) is 12.6 Å². The quantitative estimate of drug-likeness (QED) is 0.261. The second-order valence-corrected chi connectivity index (χ2v) is 2.88. The van der Waals surface area contributed by atoms with Gasteiger partial charge in [0.1, 0.15) is 0 Å². The van der Waals surface area contributed by atoms with E-state index in [0.717, 1.165) is 6.54 Å². The molecule has 54 valence electrons. The average Bonchev–Trinajstić information content (AvgIpc) is 1.86.